The summed E-state index contributed by atoms with van der Waals surface area (Å²) >= 11 is 0. The molecular weight excluding hydrogens is 372 g/mol. The van der Waals surface area contributed by atoms with Gasteiger partial charge in [0.25, 0.3) is 0 Å². The fourth-order valence-electron chi connectivity index (χ4n) is 4.42. The first-order chi connectivity index (χ1) is 13.9. The number of amides is 2. The first-order valence-electron chi connectivity index (χ1n) is 10.8. The molecule has 0 unspecified atom stereocenters. The summed E-state index contributed by atoms with van der Waals surface area (Å²) in [6, 6.07) is 0.248. The molecule has 0 aromatic carbocycles. The van der Waals surface area contributed by atoms with Crippen LogP contribution in [0.3, 0.4) is 0 Å². The maximum absolute atomic E-state index is 12.6. The lowest BCUT2D eigenvalue weighted by Crippen LogP contribution is -2.50. The second-order valence-electron chi connectivity index (χ2n) is 8.47. The Hall–Kier alpha value is -2.00. The molecule has 2 saturated heterocycles. The van der Waals surface area contributed by atoms with Crippen LogP contribution in [-0.2, 0) is 16.1 Å². The lowest BCUT2D eigenvalue weighted by atomic mass is 9.93. The van der Waals surface area contributed by atoms with Crippen molar-refractivity contribution >= 4 is 11.8 Å². The van der Waals surface area contributed by atoms with E-state index in [9.17, 15) is 14.7 Å². The number of nitrogens with one attached hydrogen (secondary N) is 1. The van der Waals surface area contributed by atoms with Crippen LogP contribution in [0.5, 0.6) is 0 Å². The number of hydrogen-bond acceptors (Lipinski definition) is 6. The van der Waals surface area contributed by atoms with Crippen LogP contribution in [0.15, 0.2) is 12.7 Å². The molecule has 2 N–H and O–H groups in total. The average molecular weight is 407 g/mol. The summed E-state index contributed by atoms with van der Waals surface area (Å²) in [5.74, 6) is 0.183. The highest BCUT2D eigenvalue weighted by atomic mass is 16.3. The van der Waals surface area contributed by atoms with Crippen LogP contribution in [0, 0.1) is 0 Å². The van der Waals surface area contributed by atoms with Gasteiger partial charge < -0.3 is 20.2 Å². The lowest BCUT2D eigenvalue weighted by Gasteiger charge is -2.38. The number of carbonyl (C=O) groups is 2. The number of aryl methyl sites for hydroxylation is 1. The van der Waals surface area contributed by atoms with Crippen molar-refractivity contribution in [3.05, 3.63) is 12.7 Å². The minimum Gasteiger partial charge on any atom is -0.388 e. The molecule has 9 nitrogen and oxygen atoms in total. The second-order valence-corrected chi connectivity index (χ2v) is 8.47. The summed E-state index contributed by atoms with van der Waals surface area (Å²) in [5, 5.41) is 18.2. The highest BCUT2D eigenvalue weighted by Gasteiger charge is 2.34. The molecule has 2 aliphatic heterocycles. The van der Waals surface area contributed by atoms with E-state index in [-0.39, 0.29) is 17.9 Å². The SMILES string of the molecule is CC(=O)NC1CCN(C[C@@]2(O)CCCN(C(=O)CCCn3cncn3)CC2)CC1. The van der Waals surface area contributed by atoms with E-state index in [1.165, 1.54) is 6.33 Å². The molecule has 0 spiro atoms. The second kappa shape index (κ2) is 10.2. The van der Waals surface area contributed by atoms with E-state index in [1.54, 1.807) is 17.9 Å². The Morgan fingerprint density at radius 1 is 1.21 bits per heavy atom. The standard InChI is InChI=1S/C20H34N6O3/c1-17(27)23-18-5-11-24(12-6-18)14-20(29)7-3-9-25(13-8-20)19(28)4-2-10-26-16-21-15-22-26/h15-16,18,29H,2-14H2,1H3,(H,23,27)/t20-/m1/s1. The van der Waals surface area contributed by atoms with Crippen LogP contribution < -0.4 is 5.32 Å². The number of nitrogens with zero attached hydrogens (tertiary/aromatic N) is 5. The predicted octanol–water partition coefficient (Wildman–Crippen LogP) is 0.402. The van der Waals surface area contributed by atoms with E-state index in [0.29, 0.717) is 32.5 Å². The van der Waals surface area contributed by atoms with Gasteiger partial charge in [0.1, 0.15) is 12.7 Å². The largest absolute Gasteiger partial charge is 0.388 e. The van der Waals surface area contributed by atoms with Crippen LogP contribution >= 0.6 is 0 Å². The van der Waals surface area contributed by atoms with E-state index < -0.39 is 5.60 Å². The van der Waals surface area contributed by atoms with E-state index in [0.717, 1.165) is 51.7 Å². The Balaban J connectivity index is 1.40. The van der Waals surface area contributed by atoms with Crippen LogP contribution in [0.2, 0.25) is 0 Å². The number of likely N-dealkylation sites (tertiary alicyclic amines) is 2. The molecule has 162 valence electrons. The maximum atomic E-state index is 12.6. The van der Waals surface area contributed by atoms with Crippen LogP contribution in [-0.4, -0.2) is 85.9 Å². The number of carbonyl (C=O) groups excluding carboxylic acids is 2. The van der Waals surface area contributed by atoms with Crippen LogP contribution in [0.1, 0.15) is 51.9 Å². The van der Waals surface area contributed by atoms with Gasteiger partial charge in [-0.3, -0.25) is 14.3 Å². The maximum Gasteiger partial charge on any atom is 0.222 e. The molecule has 29 heavy (non-hydrogen) atoms. The Kier molecular flexibility index (Phi) is 7.60. The minimum absolute atomic E-state index is 0.0249. The molecule has 0 radical (unpaired) electrons. The fraction of sp³-hybridized carbons (Fsp3) is 0.800. The van der Waals surface area contributed by atoms with Gasteiger partial charge in [0.15, 0.2) is 0 Å². The molecule has 3 rings (SSSR count). The average Bonchev–Trinajstić information content (AvgIpc) is 3.11. The van der Waals surface area contributed by atoms with Crippen molar-refractivity contribution in [1.29, 1.82) is 0 Å². The zero-order chi connectivity index (χ0) is 20.7. The van der Waals surface area contributed by atoms with Gasteiger partial charge in [-0.1, -0.05) is 0 Å². The van der Waals surface area contributed by atoms with Gasteiger partial charge in [0, 0.05) is 58.7 Å². The van der Waals surface area contributed by atoms with Crippen molar-refractivity contribution in [3.8, 4) is 0 Å². The molecule has 1 atom stereocenters. The minimum atomic E-state index is -0.739. The van der Waals surface area contributed by atoms with Crippen molar-refractivity contribution in [2.24, 2.45) is 0 Å². The summed E-state index contributed by atoms with van der Waals surface area (Å²) in [4.78, 5) is 31.9. The smallest absolute Gasteiger partial charge is 0.222 e. The summed E-state index contributed by atoms with van der Waals surface area (Å²) in [7, 11) is 0. The molecule has 0 aliphatic carbocycles. The summed E-state index contributed by atoms with van der Waals surface area (Å²) in [6.45, 7) is 6.00. The van der Waals surface area contributed by atoms with E-state index in [1.807, 2.05) is 4.90 Å². The first kappa shape index (κ1) is 21.7. The number of rotatable bonds is 7. The molecule has 0 bridgehead atoms. The Bertz CT molecular complexity index is 659. The Morgan fingerprint density at radius 3 is 2.69 bits per heavy atom. The number of hydrogen-bond donors (Lipinski definition) is 2. The topological polar surface area (TPSA) is 104 Å². The zero-order valence-electron chi connectivity index (χ0n) is 17.4. The molecule has 2 fully saturated rings. The normalized spacial score (nSPS) is 24.3. The van der Waals surface area contributed by atoms with Gasteiger partial charge in [0.05, 0.1) is 5.60 Å². The number of β-amino-alcohol motifs (C(OH)–C–C–N with tert-alkyl or cyclic N) is 1. The van der Waals surface area contributed by atoms with Crippen molar-refractivity contribution in [1.82, 2.24) is 29.9 Å². The summed E-state index contributed by atoms with van der Waals surface area (Å²) in [6.07, 6.45) is 8.41. The molecule has 2 aliphatic rings. The van der Waals surface area contributed by atoms with Crippen molar-refractivity contribution < 1.29 is 14.7 Å². The van der Waals surface area contributed by atoms with E-state index >= 15 is 0 Å². The third-order valence-electron chi connectivity index (χ3n) is 6.03. The van der Waals surface area contributed by atoms with Gasteiger partial charge >= 0.3 is 0 Å². The Morgan fingerprint density at radius 2 is 2.00 bits per heavy atom. The van der Waals surface area contributed by atoms with E-state index in [2.05, 4.69) is 20.3 Å². The molecule has 1 aromatic heterocycles. The molecular formula is C20H34N6O3. The molecule has 2 amide bonds. The van der Waals surface area contributed by atoms with Gasteiger partial charge in [-0.05, 0) is 38.5 Å². The summed E-state index contributed by atoms with van der Waals surface area (Å²) in [5.41, 5.74) is -0.739. The molecule has 0 saturated carbocycles. The van der Waals surface area contributed by atoms with E-state index in [4.69, 9.17) is 0 Å². The first-order valence-corrected chi connectivity index (χ1v) is 10.8. The van der Waals surface area contributed by atoms with Gasteiger partial charge in [-0.25, -0.2) is 4.98 Å². The fourth-order valence-corrected chi connectivity index (χ4v) is 4.42. The number of piperidine rings is 1. The van der Waals surface area contributed by atoms with Gasteiger partial charge in [-0.15, -0.1) is 0 Å². The van der Waals surface area contributed by atoms with Crippen LogP contribution in [0.25, 0.3) is 0 Å². The van der Waals surface area contributed by atoms with Gasteiger partial charge in [-0.2, -0.15) is 5.10 Å². The number of aliphatic hydroxyl groups is 1. The highest BCUT2D eigenvalue weighted by molar-refractivity contribution is 5.76. The van der Waals surface area contributed by atoms with Crippen molar-refractivity contribution in [3.63, 3.8) is 0 Å². The van der Waals surface area contributed by atoms with Gasteiger partial charge in [0.2, 0.25) is 11.8 Å². The molecule has 1 aromatic rings. The lowest BCUT2D eigenvalue weighted by molar-refractivity contribution is -0.131. The number of aromatic nitrogens is 3. The van der Waals surface area contributed by atoms with Crippen LogP contribution in [0.4, 0.5) is 0 Å². The zero-order valence-corrected chi connectivity index (χ0v) is 17.4. The Labute approximate surface area is 172 Å². The van der Waals surface area contributed by atoms with Crippen molar-refractivity contribution in [2.75, 3.05) is 32.7 Å². The predicted molar refractivity (Wildman–Crippen MR) is 108 cm³/mol. The molecule has 9 heteroatoms. The monoisotopic (exact) mass is 406 g/mol. The highest BCUT2D eigenvalue weighted by Crippen LogP contribution is 2.25. The third-order valence-corrected chi connectivity index (χ3v) is 6.03. The summed E-state index contributed by atoms with van der Waals surface area (Å²) < 4.78 is 1.74. The quantitative estimate of drug-likeness (QED) is 0.680. The van der Waals surface area contributed by atoms with Crippen molar-refractivity contribution in [2.45, 2.75) is 70.1 Å². The molecule has 3 heterocycles. The third kappa shape index (κ3) is 6.78.